The minimum atomic E-state index is -4.11. The molecule has 8 nitrogen and oxygen atoms in total. The van der Waals surface area contributed by atoms with Crippen molar-refractivity contribution in [2.75, 3.05) is 18.0 Å². The second-order valence-corrected chi connectivity index (χ2v) is 12.9. The summed E-state index contributed by atoms with van der Waals surface area (Å²) in [6, 6.07) is 20.2. The summed E-state index contributed by atoms with van der Waals surface area (Å²) in [6.07, 6.45) is 5.12. The molecule has 0 saturated heterocycles. The average Bonchev–Trinajstić information content (AvgIpc) is 3.00. The highest BCUT2D eigenvalue weighted by Crippen LogP contribution is 2.29. The Morgan fingerprint density at radius 2 is 1.67 bits per heavy atom. The summed E-state index contributed by atoms with van der Waals surface area (Å²) < 4.78 is 34.6. The van der Waals surface area contributed by atoms with Crippen molar-refractivity contribution >= 4 is 27.5 Å². The quantitative estimate of drug-likeness (QED) is 0.323. The molecule has 1 saturated carbocycles. The number of carbonyl (C=O) groups is 2. The van der Waals surface area contributed by atoms with Gasteiger partial charge in [0.2, 0.25) is 11.8 Å². The van der Waals surface area contributed by atoms with Gasteiger partial charge in [-0.3, -0.25) is 13.9 Å². The number of anilines is 1. The first-order chi connectivity index (χ1) is 20.1. The Morgan fingerprint density at radius 3 is 2.36 bits per heavy atom. The van der Waals surface area contributed by atoms with E-state index in [0.29, 0.717) is 11.4 Å². The first-order valence-corrected chi connectivity index (χ1v) is 15.9. The fourth-order valence-corrected chi connectivity index (χ4v) is 6.83. The number of nitrogens with zero attached hydrogens (tertiary/aromatic N) is 2. The molecule has 3 aromatic carbocycles. The summed E-state index contributed by atoms with van der Waals surface area (Å²) in [5.41, 5.74) is 2.78. The van der Waals surface area contributed by atoms with Gasteiger partial charge in [0.05, 0.1) is 17.7 Å². The number of ether oxygens (including phenoxy) is 1. The molecule has 0 heterocycles. The van der Waals surface area contributed by atoms with E-state index in [4.69, 9.17) is 4.74 Å². The van der Waals surface area contributed by atoms with E-state index < -0.39 is 28.5 Å². The van der Waals surface area contributed by atoms with Crippen molar-refractivity contribution in [3.05, 3.63) is 89.5 Å². The minimum absolute atomic E-state index is 0.0763. The average molecular weight is 592 g/mol. The zero-order chi connectivity index (χ0) is 30.3. The van der Waals surface area contributed by atoms with E-state index in [9.17, 15) is 18.0 Å². The van der Waals surface area contributed by atoms with Crippen molar-refractivity contribution in [1.82, 2.24) is 10.2 Å². The van der Waals surface area contributed by atoms with E-state index in [1.54, 1.807) is 38.3 Å². The Hall–Kier alpha value is -3.85. The standard InChI is InChI=1S/C33H41N3O5S/c1-24-18-19-25(2)31(20-24)36(42(39,40)30-16-9-6-10-17-30)23-32(37)35(22-27-12-11-15-29(21-27)41-4)26(3)33(38)34-28-13-7-5-8-14-28/h6,9-12,15-21,26,28H,5,7-8,13-14,22-23H2,1-4H3,(H,34,38)/t26-/m1/s1. The van der Waals surface area contributed by atoms with E-state index in [1.807, 2.05) is 50.2 Å². The molecule has 1 fully saturated rings. The fraction of sp³-hybridized carbons (Fsp3) is 0.394. The number of carbonyl (C=O) groups excluding carboxylic acids is 2. The van der Waals surface area contributed by atoms with Gasteiger partial charge in [-0.25, -0.2) is 8.42 Å². The number of benzene rings is 3. The van der Waals surface area contributed by atoms with Crippen molar-refractivity contribution in [3.63, 3.8) is 0 Å². The smallest absolute Gasteiger partial charge is 0.264 e. The molecular formula is C33H41N3O5S. The molecule has 0 unspecified atom stereocenters. The summed E-state index contributed by atoms with van der Waals surface area (Å²) >= 11 is 0. The third kappa shape index (κ3) is 7.50. The molecule has 0 aliphatic heterocycles. The molecule has 0 bridgehead atoms. The van der Waals surface area contributed by atoms with E-state index in [2.05, 4.69) is 5.32 Å². The SMILES string of the molecule is COc1cccc(CN(C(=O)CN(c2cc(C)ccc2C)S(=O)(=O)c2ccccc2)[C@H](C)C(=O)NC2CCCCC2)c1. The van der Waals surface area contributed by atoms with Crippen LogP contribution in [0.4, 0.5) is 5.69 Å². The van der Waals surface area contributed by atoms with E-state index in [-0.39, 0.29) is 23.4 Å². The summed E-state index contributed by atoms with van der Waals surface area (Å²) in [6.45, 7) is 5.05. The van der Waals surface area contributed by atoms with Gasteiger partial charge in [0.25, 0.3) is 10.0 Å². The highest BCUT2D eigenvalue weighted by Gasteiger charge is 2.33. The second kappa shape index (κ2) is 13.9. The van der Waals surface area contributed by atoms with Gasteiger partial charge in [0.15, 0.2) is 0 Å². The summed E-state index contributed by atoms with van der Waals surface area (Å²) in [5, 5.41) is 3.13. The maximum atomic E-state index is 14.2. The van der Waals surface area contributed by atoms with Gasteiger partial charge in [-0.05, 0) is 80.6 Å². The lowest BCUT2D eigenvalue weighted by Crippen LogP contribution is -2.53. The second-order valence-electron chi connectivity index (χ2n) is 11.0. The van der Waals surface area contributed by atoms with Crippen LogP contribution in [0.3, 0.4) is 0 Å². The van der Waals surface area contributed by atoms with Crippen LogP contribution < -0.4 is 14.4 Å². The molecule has 4 rings (SSSR count). The Morgan fingerprint density at radius 1 is 0.952 bits per heavy atom. The predicted octanol–water partition coefficient (Wildman–Crippen LogP) is 5.37. The molecule has 3 aromatic rings. The molecule has 1 aliphatic carbocycles. The minimum Gasteiger partial charge on any atom is -0.497 e. The highest BCUT2D eigenvalue weighted by molar-refractivity contribution is 7.92. The molecule has 42 heavy (non-hydrogen) atoms. The number of hydrogen-bond acceptors (Lipinski definition) is 5. The third-order valence-corrected chi connectivity index (χ3v) is 9.62. The zero-order valence-corrected chi connectivity index (χ0v) is 25.7. The number of sulfonamides is 1. The van der Waals surface area contributed by atoms with Crippen molar-refractivity contribution < 1.29 is 22.7 Å². The van der Waals surface area contributed by atoms with Crippen molar-refractivity contribution in [2.24, 2.45) is 0 Å². The molecule has 0 aromatic heterocycles. The summed E-state index contributed by atoms with van der Waals surface area (Å²) in [4.78, 5) is 29.2. The molecule has 0 radical (unpaired) electrons. The lowest BCUT2D eigenvalue weighted by molar-refractivity contribution is -0.139. The van der Waals surface area contributed by atoms with Gasteiger partial charge in [-0.15, -0.1) is 0 Å². The molecule has 224 valence electrons. The van der Waals surface area contributed by atoms with Gasteiger partial charge in [0, 0.05) is 12.6 Å². The lowest BCUT2D eigenvalue weighted by Gasteiger charge is -2.33. The molecular weight excluding hydrogens is 550 g/mol. The molecule has 9 heteroatoms. The number of aryl methyl sites for hydroxylation is 2. The number of rotatable bonds is 11. The molecule has 0 spiro atoms. The normalized spacial score (nSPS) is 14.6. The van der Waals surface area contributed by atoms with Crippen LogP contribution in [0.15, 0.2) is 77.7 Å². The number of nitrogens with one attached hydrogen (secondary N) is 1. The molecule has 1 aliphatic rings. The van der Waals surface area contributed by atoms with Crippen molar-refractivity contribution in [2.45, 2.75) is 76.4 Å². The Labute approximate surface area is 249 Å². The van der Waals surface area contributed by atoms with Crippen LogP contribution in [0.5, 0.6) is 5.75 Å². The van der Waals surface area contributed by atoms with Crippen molar-refractivity contribution in [1.29, 1.82) is 0 Å². The van der Waals surface area contributed by atoms with E-state index in [0.717, 1.165) is 53.1 Å². The van der Waals surface area contributed by atoms with Crippen LogP contribution in [-0.4, -0.2) is 50.9 Å². The van der Waals surface area contributed by atoms with Crippen LogP contribution in [0, 0.1) is 13.8 Å². The number of amides is 2. The maximum absolute atomic E-state index is 14.2. The predicted molar refractivity (Wildman–Crippen MR) is 165 cm³/mol. The van der Waals surface area contributed by atoms with Gasteiger partial charge in [0.1, 0.15) is 18.3 Å². The summed E-state index contributed by atoms with van der Waals surface area (Å²) in [7, 11) is -2.54. The van der Waals surface area contributed by atoms with Gasteiger partial charge >= 0.3 is 0 Å². The third-order valence-electron chi connectivity index (χ3n) is 7.85. The fourth-order valence-electron chi connectivity index (χ4n) is 5.34. The van der Waals surface area contributed by atoms with Crippen LogP contribution in [0.25, 0.3) is 0 Å². The molecule has 2 amide bonds. The highest BCUT2D eigenvalue weighted by atomic mass is 32.2. The van der Waals surface area contributed by atoms with Gasteiger partial charge in [-0.2, -0.15) is 0 Å². The van der Waals surface area contributed by atoms with Crippen molar-refractivity contribution in [3.8, 4) is 5.75 Å². The summed E-state index contributed by atoms with van der Waals surface area (Å²) in [5.74, 6) is -0.102. The maximum Gasteiger partial charge on any atom is 0.264 e. The molecule has 1 N–H and O–H groups in total. The Balaban J connectivity index is 1.71. The lowest BCUT2D eigenvalue weighted by atomic mass is 9.95. The van der Waals surface area contributed by atoms with Gasteiger partial charge < -0.3 is 15.0 Å². The van der Waals surface area contributed by atoms with E-state index >= 15 is 0 Å². The topological polar surface area (TPSA) is 96.0 Å². The molecule has 1 atom stereocenters. The van der Waals surface area contributed by atoms with Crippen LogP contribution in [0.1, 0.15) is 55.7 Å². The number of hydrogen-bond donors (Lipinski definition) is 1. The van der Waals surface area contributed by atoms with Crippen LogP contribution in [-0.2, 0) is 26.2 Å². The first kappa shape index (κ1) is 31.1. The first-order valence-electron chi connectivity index (χ1n) is 14.5. The van der Waals surface area contributed by atoms with E-state index in [1.165, 1.54) is 17.0 Å². The Kier molecular flexibility index (Phi) is 10.3. The largest absolute Gasteiger partial charge is 0.497 e. The monoisotopic (exact) mass is 591 g/mol. The van der Waals surface area contributed by atoms with Crippen LogP contribution >= 0.6 is 0 Å². The zero-order valence-electron chi connectivity index (χ0n) is 24.9. The number of methoxy groups -OCH3 is 1. The van der Waals surface area contributed by atoms with Gasteiger partial charge in [-0.1, -0.05) is 61.7 Å². The Bertz CT molecular complexity index is 1490. The van der Waals surface area contributed by atoms with Crippen LogP contribution in [0.2, 0.25) is 0 Å².